The number of aliphatic hydroxyl groups is 1. The lowest BCUT2D eigenvalue weighted by Gasteiger charge is -2.29. The molecule has 0 amide bonds. The summed E-state index contributed by atoms with van der Waals surface area (Å²) < 4.78 is 0. The summed E-state index contributed by atoms with van der Waals surface area (Å²) in [5, 5.41) is 9.36. The van der Waals surface area contributed by atoms with Gasteiger partial charge >= 0.3 is 5.97 Å². The first kappa shape index (κ1) is 11.4. The molecule has 6 nitrogen and oxygen atoms in total. The van der Waals surface area contributed by atoms with Gasteiger partial charge in [-0.2, -0.15) is 0 Å². The molecule has 0 spiro atoms. The van der Waals surface area contributed by atoms with Crippen molar-refractivity contribution in [2.45, 2.75) is 25.4 Å². The zero-order valence-electron chi connectivity index (χ0n) is 8.11. The maximum Gasteiger partial charge on any atom is 0.327 e. The molecule has 0 bridgehead atoms. The van der Waals surface area contributed by atoms with Crippen LogP contribution in [-0.2, 0) is 9.63 Å². The van der Waals surface area contributed by atoms with E-state index < -0.39 is 0 Å². The van der Waals surface area contributed by atoms with E-state index in [2.05, 4.69) is 4.84 Å². The largest absolute Gasteiger partial charge is 0.392 e. The number of nitrogens with two attached hydrogens (primary N) is 1. The Bertz CT molecular complexity index is 189. The average Bonchev–Trinajstić information content (AvgIpc) is 2.15. The molecule has 1 unspecified atom stereocenters. The fraction of sp³-hybridized carbons (Fsp3) is 0.875. The van der Waals surface area contributed by atoms with E-state index in [1.165, 1.54) is 0 Å². The van der Waals surface area contributed by atoms with Crippen molar-refractivity contribution in [2.75, 3.05) is 19.6 Å². The van der Waals surface area contributed by atoms with Crippen molar-refractivity contribution in [3.8, 4) is 0 Å². The minimum absolute atomic E-state index is 0.257. The summed E-state index contributed by atoms with van der Waals surface area (Å²) in [5.41, 5.74) is 1.85. The van der Waals surface area contributed by atoms with Crippen LogP contribution in [0.5, 0.6) is 0 Å². The molecule has 14 heavy (non-hydrogen) atoms. The molecule has 4 N–H and O–H groups in total. The number of rotatable bonds is 4. The molecule has 0 aromatic heterocycles. The van der Waals surface area contributed by atoms with E-state index in [9.17, 15) is 9.90 Å². The zero-order valence-corrected chi connectivity index (χ0v) is 8.11. The van der Waals surface area contributed by atoms with Gasteiger partial charge in [0.05, 0.1) is 12.5 Å². The van der Waals surface area contributed by atoms with Crippen LogP contribution in [0.1, 0.15) is 19.3 Å². The predicted octanol–water partition coefficient (Wildman–Crippen LogP) is -1.25. The lowest BCUT2D eigenvalue weighted by atomic mass is 10.1. The summed E-state index contributed by atoms with van der Waals surface area (Å²) in [5.74, 6) is 4.43. The van der Waals surface area contributed by atoms with Crippen LogP contribution in [0.15, 0.2) is 0 Å². The van der Waals surface area contributed by atoms with Gasteiger partial charge in [-0.15, -0.1) is 0 Å². The second kappa shape index (κ2) is 5.92. The summed E-state index contributed by atoms with van der Waals surface area (Å²) in [7, 11) is 0. The third-order valence-electron chi connectivity index (χ3n) is 2.29. The molecular weight excluding hydrogens is 186 g/mol. The summed E-state index contributed by atoms with van der Waals surface area (Å²) in [6.07, 6.45) is 1.86. The summed E-state index contributed by atoms with van der Waals surface area (Å²) in [4.78, 5) is 17.3. The van der Waals surface area contributed by atoms with Gasteiger partial charge in [-0.05, 0) is 19.4 Å². The molecule has 0 aromatic rings. The third kappa shape index (κ3) is 4.01. The van der Waals surface area contributed by atoms with Gasteiger partial charge in [-0.3, -0.25) is 4.79 Å². The highest BCUT2D eigenvalue weighted by Gasteiger charge is 2.18. The van der Waals surface area contributed by atoms with Gasteiger partial charge in [-0.25, -0.2) is 5.84 Å². The fourth-order valence-electron chi connectivity index (χ4n) is 1.60. The number of nitrogens with zero attached hydrogens (tertiary/aromatic N) is 1. The van der Waals surface area contributed by atoms with Gasteiger partial charge in [0.25, 0.3) is 0 Å². The van der Waals surface area contributed by atoms with E-state index >= 15 is 0 Å². The molecule has 1 saturated heterocycles. The van der Waals surface area contributed by atoms with E-state index in [0.717, 1.165) is 19.4 Å². The number of hydrogen-bond acceptors (Lipinski definition) is 6. The Labute approximate surface area is 82.9 Å². The van der Waals surface area contributed by atoms with Crippen molar-refractivity contribution < 1.29 is 14.7 Å². The number of aliphatic hydroxyl groups excluding tert-OH is 1. The number of nitrogens with one attached hydrogen (secondary N) is 1. The average molecular weight is 203 g/mol. The Morgan fingerprint density at radius 1 is 1.71 bits per heavy atom. The van der Waals surface area contributed by atoms with Crippen LogP contribution >= 0.6 is 0 Å². The minimum Gasteiger partial charge on any atom is -0.392 e. The first-order valence-electron chi connectivity index (χ1n) is 4.78. The number of carbonyl (C=O) groups is 1. The normalized spacial score (nSPS) is 23.4. The molecule has 1 aliphatic heterocycles. The van der Waals surface area contributed by atoms with Crippen LogP contribution in [0, 0.1) is 0 Å². The highest BCUT2D eigenvalue weighted by molar-refractivity contribution is 5.69. The SMILES string of the molecule is NNOC(=O)CCN1CCCC(O)C1. The van der Waals surface area contributed by atoms with Crippen LogP contribution < -0.4 is 11.4 Å². The van der Waals surface area contributed by atoms with Gasteiger partial charge in [0.15, 0.2) is 0 Å². The topological polar surface area (TPSA) is 87.8 Å². The highest BCUT2D eigenvalue weighted by atomic mass is 16.7. The highest BCUT2D eigenvalue weighted by Crippen LogP contribution is 2.09. The van der Waals surface area contributed by atoms with E-state index in [0.29, 0.717) is 13.1 Å². The molecule has 1 fully saturated rings. The van der Waals surface area contributed by atoms with Gasteiger partial charge in [0, 0.05) is 13.1 Å². The number of hydrazine groups is 1. The molecule has 1 rings (SSSR count). The van der Waals surface area contributed by atoms with Gasteiger partial charge < -0.3 is 14.8 Å². The Morgan fingerprint density at radius 3 is 3.14 bits per heavy atom. The maximum absolute atomic E-state index is 10.9. The van der Waals surface area contributed by atoms with Crippen molar-refractivity contribution in [1.29, 1.82) is 0 Å². The summed E-state index contributed by atoms with van der Waals surface area (Å²) in [6, 6.07) is 0. The predicted molar refractivity (Wildman–Crippen MR) is 49.7 cm³/mol. The first-order valence-corrected chi connectivity index (χ1v) is 4.78. The van der Waals surface area contributed by atoms with Crippen LogP contribution in [0.4, 0.5) is 0 Å². The molecule has 0 radical (unpaired) electrons. The van der Waals surface area contributed by atoms with Crippen LogP contribution in [0.3, 0.4) is 0 Å². The van der Waals surface area contributed by atoms with Crippen molar-refractivity contribution in [3.63, 3.8) is 0 Å². The quantitative estimate of drug-likeness (QED) is 0.391. The van der Waals surface area contributed by atoms with E-state index in [1.807, 2.05) is 10.5 Å². The monoisotopic (exact) mass is 203 g/mol. The Morgan fingerprint density at radius 2 is 2.50 bits per heavy atom. The number of piperidine rings is 1. The van der Waals surface area contributed by atoms with E-state index in [-0.39, 0.29) is 18.5 Å². The van der Waals surface area contributed by atoms with Crippen LogP contribution in [0.2, 0.25) is 0 Å². The van der Waals surface area contributed by atoms with E-state index in [1.54, 1.807) is 0 Å². The van der Waals surface area contributed by atoms with Crippen molar-refractivity contribution >= 4 is 5.97 Å². The Hall–Kier alpha value is -0.690. The van der Waals surface area contributed by atoms with Gasteiger partial charge in [-0.1, -0.05) is 5.59 Å². The second-order valence-corrected chi connectivity index (χ2v) is 3.44. The smallest absolute Gasteiger partial charge is 0.327 e. The maximum atomic E-state index is 10.9. The molecule has 6 heteroatoms. The van der Waals surface area contributed by atoms with E-state index in [4.69, 9.17) is 5.84 Å². The number of β-amino-alcohol motifs (C(OH)–C–C–N with tert-alkyl or cyclic N) is 1. The Kier molecular flexibility index (Phi) is 4.81. The summed E-state index contributed by atoms with van der Waals surface area (Å²) in [6.45, 7) is 2.18. The second-order valence-electron chi connectivity index (χ2n) is 3.44. The summed E-state index contributed by atoms with van der Waals surface area (Å²) >= 11 is 0. The van der Waals surface area contributed by atoms with Crippen molar-refractivity contribution in [2.24, 2.45) is 5.84 Å². The first-order chi connectivity index (χ1) is 6.72. The molecule has 0 aromatic carbocycles. The number of likely N-dealkylation sites (tertiary alicyclic amines) is 1. The third-order valence-corrected chi connectivity index (χ3v) is 2.29. The van der Waals surface area contributed by atoms with Crippen LogP contribution in [0.25, 0.3) is 0 Å². The molecule has 1 heterocycles. The lowest BCUT2D eigenvalue weighted by molar-refractivity contribution is -0.151. The molecule has 82 valence electrons. The molecule has 0 saturated carbocycles. The Balaban J connectivity index is 2.14. The minimum atomic E-state index is -0.382. The van der Waals surface area contributed by atoms with Gasteiger partial charge in [0.2, 0.25) is 0 Å². The molecule has 0 aliphatic carbocycles. The molecule has 1 atom stereocenters. The molecular formula is C8H17N3O3. The zero-order chi connectivity index (χ0) is 10.4. The molecule has 1 aliphatic rings. The standard InChI is InChI=1S/C8H17N3O3/c9-10-14-8(13)3-5-11-4-1-2-7(12)6-11/h7,10,12H,1-6,9H2. The fourth-order valence-corrected chi connectivity index (χ4v) is 1.60. The van der Waals surface area contributed by atoms with Gasteiger partial charge in [0.1, 0.15) is 0 Å². The number of carbonyl (C=O) groups excluding carboxylic acids is 1. The lowest BCUT2D eigenvalue weighted by Crippen LogP contribution is -2.39. The number of hydrogen-bond donors (Lipinski definition) is 3. The van der Waals surface area contributed by atoms with Crippen molar-refractivity contribution in [3.05, 3.63) is 0 Å². The van der Waals surface area contributed by atoms with Crippen molar-refractivity contribution in [1.82, 2.24) is 10.5 Å². The van der Waals surface area contributed by atoms with Crippen LogP contribution in [-0.4, -0.2) is 41.7 Å².